The van der Waals surface area contributed by atoms with Gasteiger partial charge in [0.15, 0.2) is 0 Å². The van der Waals surface area contributed by atoms with Crippen LogP contribution in [-0.4, -0.2) is 17.0 Å². The number of halogens is 1. The average Bonchev–Trinajstić information content (AvgIpc) is 2.33. The van der Waals surface area contributed by atoms with E-state index in [1.54, 1.807) is 12.4 Å². The second-order valence-corrected chi connectivity index (χ2v) is 4.94. The number of rotatable bonds is 2. The van der Waals surface area contributed by atoms with Gasteiger partial charge < -0.3 is 4.90 Å². The largest absolute Gasteiger partial charge is 0.314 e. The van der Waals surface area contributed by atoms with Gasteiger partial charge in [0.05, 0.1) is 4.47 Å². The van der Waals surface area contributed by atoms with Crippen molar-refractivity contribution >= 4 is 27.6 Å². The predicted molar refractivity (Wildman–Crippen MR) is 73.7 cm³/mol. The maximum absolute atomic E-state index is 4.27. The molecule has 88 valence electrons. The fraction of sp³-hybridized carbons (Fsp3) is 0.231. The number of hydrogen-bond acceptors (Lipinski definition) is 3. The van der Waals surface area contributed by atoms with E-state index >= 15 is 0 Å². The highest BCUT2D eigenvalue weighted by molar-refractivity contribution is 9.10. The van der Waals surface area contributed by atoms with Crippen LogP contribution >= 0.6 is 15.9 Å². The Morgan fingerprint density at radius 3 is 2.29 bits per heavy atom. The molecule has 0 aliphatic carbocycles. The Hall–Kier alpha value is -1.42. The topological polar surface area (TPSA) is 29.0 Å². The monoisotopic (exact) mass is 291 g/mol. The molecule has 0 spiro atoms. The molecule has 0 aliphatic heterocycles. The summed E-state index contributed by atoms with van der Waals surface area (Å²) >= 11 is 3.33. The van der Waals surface area contributed by atoms with Crippen LogP contribution in [0.2, 0.25) is 0 Å². The van der Waals surface area contributed by atoms with Gasteiger partial charge >= 0.3 is 0 Å². The van der Waals surface area contributed by atoms with Gasteiger partial charge in [-0.15, -0.1) is 0 Å². The molecule has 0 saturated heterocycles. The predicted octanol–water partition coefficient (Wildman–Crippen LogP) is 3.62. The van der Waals surface area contributed by atoms with Crippen molar-refractivity contribution in [1.82, 2.24) is 9.97 Å². The minimum atomic E-state index is 0.691. The summed E-state index contributed by atoms with van der Waals surface area (Å²) < 4.78 is 0.884. The highest BCUT2D eigenvalue weighted by Gasteiger charge is 2.07. The summed E-state index contributed by atoms with van der Waals surface area (Å²) in [7, 11) is 1.97. The summed E-state index contributed by atoms with van der Waals surface area (Å²) in [5.74, 6) is 0.691. The zero-order chi connectivity index (χ0) is 12.4. The first-order chi connectivity index (χ1) is 8.08. The van der Waals surface area contributed by atoms with Crippen LogP contribution in [0.25, 0.3) is 0 Å². The van der Waals surface area contributed by atoms with Crippen molar-refractivity contribution in [2.75, 3.05) is 11.9 Å². The SMILES string of the molecule is Cc1ccc(N(C)c2ncc(Br)cn2)cc1C. The van der Waals surface area contributed by atoms with E-state index in [1.165, 1.54) is 11.1 Å². The lowest BCUT2D eigenvalue weighted by molar-refractivity contribution is 1.03. The van der Waals surface area contributed by atoms with Gasteiger partial charge in [-0.25, -0.2) is 9.97 Å². The molecule has 0 unspecified atom stereocenters. The van der Waals surface area contributed by atoms with Gasteiger partial charge in [-0.3, -0.25) is 0 Å². The smallest absolute Gasteiger partial charge is 0.229 e. The Morgan fingerprint density at radius 2 is 1.71 bits per heavy atom. The third-order valence-corrected chi connectivity index (χ3v) is 3.19. The van der Waals surface area contributed by atoms with E-state index in [2.05, 4.69) is 57.9 Å². The highest BCUT2D eigenvalue weighted by Crippen LogP contribution is 2.22. The van der Waals surface area contributed by atoms with Crippen LogP contribution in [0.3, 0.4) is 0 Å². The normalized spacial score (nSPS) is 10.4. The molecule has 0 bridgehead atoms. The van der Waals surface area contributed by atoms with Gasteiger partial charge in [0.2, 0.25) is 5.95 Å². The van der Waals surface area contributed by atoms with Crippen molar-refractivity contribution in [2.45, 2.75) is 13.8 Å². The van der Waals surface area contributed by atoms with Crippen molar-refractivity contribution in [2.24, 2.45) is 0 Å². The van der Waals surface area contributed by atoms with Gasteiger partial charge in [-0.05, 0) is 53.0 Å². The number of nitrogens with zero attached hydrogens (tertiary/aromatic N) is 3. The van der Waals surface area contributed by atoms with E-state index in [0.29, 0.717) is 5.95 Å². The van der Waals surface area contributed by atoms with E-state index in [0.717, 1.165) is 10.2 Å². The Morgan fingerprint density at radius 1 is 1.06 bits per heavy atom. The molecule has 0 atom stereocenters. The van der Waals surface area contributed by atoms with Gasteiger partial charge in [0, 0.05) is 25.1 Å². The first-order valence-corrected chi connectivity index (χ1v) is 6.16. The molecule has 0 amide bonds. The van der Waals surface area contributed by atoms with Crippen LogP contribution in [0, 0.1) is 13.8 Å². The fourth-order valence-electron chi connectivity index (χ4n) is 1.53. The molecule has 17 heavy (non-hydrogen) atoms. The summed E-state index contributed by atoms with van der Waals surface area (Å²) in [5.41, 5.74) is 3.65. The lowest BCUT2D eigenvalue weighted by atomic mass is 10.1. The minimum absolute atomic E-state index is 0.691. The Balaban J connectivity index is 2.33. The van der Waals surface area contributed by atoms with Gasteiger partial charge in [-0.1, -0.05) is 6.07 Å². The molecule has 1 aromatic heterocycles. The molecule has 1 aromatic carbocycles. The third kappa shape index (κ3) is 2.64. The minimum Gasteiger partial charge on any atom is -0.314 e. The maximum atomic E-state index is 4.27. The molecule has 3 nitrogen and oxygen atoms in total. The lowest BCUT2D eigenvalue weighted by Gasteiger charge is -2.18. The quantitative estimate of drug-likeness (QED) is 0.846. The molecule has 2 aromatic rings. The van der Waals surface area contributed by atoms with Crippen molar-refractivity contribution in [3.05, 3.63) is 46.2 Å². The molecule has 1 heterocycles. The van der Waals surface area contributed by atoms with Crippen LogP contribution in [0.15, 0.2) is 35.1 Å². The number of hydrogen-bond donors (Lipinski definition) is 0. The molecule has 0 fully saturated rings. The van der Waals surface area contributed by atoms with Crippen LogP contribution < -0.4 is 4.90 Å². The average molecular weight is 292 g/mol. The Labute approximate surface area is 110 Å². The van der Waals surface area contributed by atoms with Gasteiger partial charge in [0.25, 0.3) is 0 Å². The Bertz CT molecular complexity index is 523. The summed E-state index contributed by atoms with van der Waals surface area (Å²) in [4.78, 5) is 10.5. The number of aromatic nitrogens is 2. The summed E-state index contributed by atoms with van der Waals surface area (Å²) in [6, 6.07) is 6.33. The number of aryl methyl sites for hydroxylation is 2. The highest BCUT2D eigenvalue weighted by atomic mass is 79.9. The van der Waals surface area contributed by atoms with E-state index in [1.807, 2.05) is 11.9 Å². The van der Waals surface area contributed by atoms with Gasteiger partial charge in [0.1, 0.15) is 0 Å². The van der Waals surface area contributed by atoms with E-state index in [9.17, 15) is 0 Å². The molecule has 4 heteroatoms. The van der Waals surface area contributed by atoms with Crippen LogP contribution in [0.5, 0.6) is 0 Å². The fourth-order valence-corrected chi connectivity index (χ4v) is 1.73. The molecule has 0 radical (unpaired) electrons. The van der Waals surface area contributed by atoms with Gasteiger partial charge in [-0.2, -0.15) is 0 Å². The second-order valence-electron chi connectivity index (χ2n) is 4.03. The van der Waals surface area contributed by atoms with Crippen LogP contribution in [0.1, 0.15) is 11.1 Å². The molecular formula is C13H14BrN3. The summed E-state index contributed by atoms with van der Waals surface area (Å²) in [5, 5.41) is 0. The summed E-state index contributed by atoms with van der Waals surface area (Å²) in [6.45, 7) is 4.21. The van der Waals surface area contributed by atoms with E-state index < -0.39 is 0 Å². The van der Waals surface area contributed by atoms with Crippen molar-refractivity contribution < 1.29 is 0 Å². The first kappa shape index (κ1) is 12.0. The second kappa shape index (κ2) is 4.84. The summed E-state index contributed by atoms with van der Waals surface area (Å²) in [6.07, 6.45) is 3.50. The van der Waals surface area contributed by atoms with Crippen LogP contribution in [-0.2, 0) is 0 Å². The zero-order valence-corrected chi connectivity index (χ0v) is 11.7. The molecule has 0 N–H and O–H groups in total. The van der Waals surface area contributed by atoms with Crippen molar-refractivity contribution in [1.29, 1.82) is 0 Å². The molecule has 0 aliphatic rings. The molecule has 2 rings (SSSR count). The third-order valence-electron chi connectivity index (χ3n) is 2.78. The molecular weight excluding hydrogens is 278 g/mol. The standard InChI is InChI=1S/C13H14BrN3/c1-9-4-5-12(6-10(9)2)17(3)13-15-7-11(14)8-16-13/h4-8H,1-3H3. The first-order valence-electron chi connectivity index (χ1n) is 5.36. The lowest BCUT2D eigenvalue weighted by Crippen LogP contribution is -2.12. The number of benzene rings is 1. The zero-order valence-electron chi connectivity index (χ0n) is 10.1. The van der Waals surface area contributed by atoms with Crippen LogP contribution in [0.4, 0.5) is 11.6 Å². The van der Waals surface area contributed by atoms with E-state index in [4.69, 9.17) is 0 Å². The van der Waals surface area contributed by atoms with Crippen molar-refractivity contribution in [3.8, 4) is 0 Å². The van der Waals surface area contributed by atoms with Crippen molar-refractivity contribution in [3.63, 3.8) is 0 Å². The Kier molecular flexibility index (Phi) is 3.43. The molecule has 0 saturated carbocycles. The maximum Gasteiger partial charge on any atom is 0.229 e. The number of anilines is 2. The van der Waals surface area contributed by atoms with E-state index in [-0.39, 0.29) is 0 Å².